The summed E-state index contributed by atoms with van der Waals surface area (Å²) >= 11 is 13.1. The zero-order valence-corrected chi connectivity index (χ0v) is 24.5. The van der Waals surface area contributed by atoms with Gasteiger partial charge in [0.2, 0.25) is 0 Å². The summed E-state index contributed by atoms with van der Waals surface area (Å²) in [5.74, 6) is 0. The smallest absolute Gasteiger partial charge is 0.0659 e. The number of anilines is 3. The maximum absolute atomic E-state index is 6.90. The molecule has 0 atom stereocenters. The van der Waals surface area contributed by atoms with Crippen LogP contribution in [0.15, 0.2) is 151 Å². The van der Waals surface area contributed by atoms with Gasteiger partial charge in [-0.2, -0.15) is 5.10 Å². The molecule has 42 heavy (non-hydrogen) atoms. The van der Waals surface area contributed by atoms with E-state index >= 15 is 0 Å². The summed E-state index contributed by atoms with van der Waals surface area (Å²) in [6.07, 6.45) is 1.81. The molecule has 0 aliphatic heterocycles. The first-order valence-corrected chi connectivity index (χ1v) is 14.6. The van der Waals surface area contributed by atoms with Gasteiger partial charge in [-0.15, -0.1) is 0 Å². The molecular formula is C37H29Cl2N3. The third-order valence-electron chi connectivity index (χ3n) is 7.14. The molecule has 0 aromatic heterocycles. The van der Waals surface area contributed by atoms with E-state index in [0.717, 1.165) is 41.1 Å². The van der Waals surface area contributed by atoms with Crippen LogP contribution in [-0.4, -0.2) is 6.21 Å². The Morgan fingerprint density at radius 2 is 1.10 bits per heavy atom. The number of rotatable bonds is 9. The second-order valence-electron chi connectivity index (χ2n) is 10.1. The van der Waals surface area contributed by atoms with Gasteiger partial charge in [0.15, 0.2) is 0 Å². The number of halogens is 2. The lowest BCUT2D eigenvalue weighted by Crippen LogP contribution is -2.22. The van der Waals surface area contributed by atoms with E-state index in [1.807, 2.05) is 71.9 Å². The van der Waals surface area contributed by atoms with E-state index in [9.17, 15) is 0 Å². The molecule has 0 N–H and O–H groups in total. The van der Waals surface area contributed by atoms with Crippen molar-refractivity contribution in [1.29, 1.82) is 0 Å². The molecular weight excluding hydrogens is 557 g/mol. The quantitative estimate of drug-likeness (QED) is 0.124. The van der Waals surface area contributed by atoms with Crippen molar-refractivity contribution in [2.75, 3.05) is 9.91 Å². The molecule has 0 aliphatic carbocycles. The molecule has 0 fully saturated rings. The lowest BCUT2D eigenvalue weighted by molar-refractivity contribution is 0.800. The van der Waals surface area contributed by atoms with Crippen molar-refractivity contribution in [3.63, 3.8) is 0 Å². The van der Waals surface area contributed by atoms with Gasteiger partial charge >= 0.3 is 0 Å². The SMILES string of the molecule is Clc1ccc(N(N=Cc2ccc(N(Cc3ccccc3)Cc3ccccc3)cc2Cl)c2ccc3ccccc3c2)cc1. The normalized spacial score (nSPS) is 11.2. The van der Waals surface area contributed by atoms with Crippen molar-refractivity contribution >= 4 is 57.3 Å². The van der Waals surface area contributed by atoms with E-state index in [1.165, 1.54) is 16.5 Å². The van der Waals surface area contributed by atoms with Crippen LogP contribution in [0.5, 0.6) is 0 Å². The second kappa shape index (κ2) is 12.9. The Morgan fingerprint density at radius 3 is 1.74 bits per heavy atom. The first-order chi connectivity index (χ1) is 20.6. The van der Waals surface area contributed by atoms with E-state index in [0.29, 0.717) is 10.0 Å². The molecule has 0 saturated carbocycles. The lowest BCUT2D eigenvalue weighted by Gasteiger charge is -2.26. The van der Waals surface area contributed by atoms with E-state index in [-0.39, 0.29) is 0 Å². The number of nitrogens with zero attached hydrogens (tertiary/aromatic N) is 3. The van der Waals surface area contributed by atoms with Gasteiger partial charge in [-0.3, -0.25) is 0 Å². The Bertz CT molecular complexity index is 1760. The molecule has 0 bridgehead atoms. The van der Waals surface area contributed by atoms with Crippen molar-refractivity contribution in [2.45, 2.75) is 13.1 Å². The van der Waals surface area contributed by atoms with Crippen molar-refractivity contribution in [3.05, 3.63) is 172 Å². The maximum Gasteiger partial charge on any atom is 0.0659 e. The Kier molecular flexibility index (Phi) is 8.51. The van der Waals surface area contributed by atoms with Crippen LogP contribution >= 0.6 is 23.2 Å². The summed E-state index contributed by atoms with van der Waals surface area (Å²) in [5.41, 5.74) is 6.20. The van der Waals surface area contributed by atoms with Crippen LogP contribution in [0.3, 0.4) is 0 Å². The molecule has 6 aromatic carbocycles. The van der Waals surface area contributed by atoms with E-state index in [1.54, 1.807) is 0 Å². The first-order valence-electron chi connectivity index (χ1n) is 13.8. The monoisotopic (exact) mass is 585 g/mol. The fraction of sp³-hybridized carbons (Fsp3) is 0.0541. The Morgan fingerprint density at radius 1 is 0.524 bits per heavy atom. The number of hydrazone groups is 1. The second-order valence-corrected chi connectivity index (χ2v) is 10.9. The number of benzene rings is 6. The van der Waals surface area contributed by atoms with Crippen LogP contribution in [0.1, 0.15) is 16.7 Å². The molecule has 6 rings (SSSR count). The summed E-state index contributed by atoms with van der Waals surface area (Å²) in [5, 5.41) is 10.4. The van der Waals surface area contributed by atoms with Crippen LogP contribution in [0.4, 0.5) is 17.1 Å². The summed E-state index contributed by atoms with van der Waals surface area (Å²) in [4.78, 5) is 2.34. The highest BCUT2D eigenvalue weighted by Gasteiger charge is 2.13. The Labute approximate surface area is 256 Å². The van der Waals surface area contributed by atoms with Crippen LogP contribution in [0, 0.1) is 0 Å². The number of hydrogen-bond donors (Lipinski definition) is 0. The minimum absolute atomic E-state index is 0.636. The summed E-state index contributed by atoms with van der Waals surface area (Å²) in [6.45, 7) is 1.54. The molecule has 0 saturated heterocycles. The predicted molar refractivity (Wildman–Crippen MR) is 179 cm³/mol. The third-order valence-corrected chi connectivity index (χ3v) is 7.72. The van der Waals surface area contributed by atoms with Gasteiger partial charge in [0, 0.05) is 29.4 Å². The topological polar surface area (TPSA) is 18.8 Å². The highest BCUT2D eigenvalue weighted by Crippen LogP contribution is 2.31. The van der Waals surface area contributed by atoms with Crippen molar-refractivity contribution in [3.8, 4) is 0 Å². The van der Waals surface area contributed by atoms with Gasteiger partial charge in [0.1, 0.15) is 0 Å². The minimum Gasteiger partial charge on any atom is -0.363 e. The van der Waals surface area contributed by atoms with Crippen molar-refractivity contribution < 1.29 is 0 Å². The van der Waals surface area contributed by atoms with Gasteiger partial charge < -0.3 is 4.90 Å². The van der Waals surface area contributed by atoms with Crippen LogP contribution < -0.4 is 9.91 Å². The van der Waals surface area contributed by atoms with Crippen molar-refractivity contribution in [2.24, 2.45) is 5.10 Å². The maximum atomic E-state index is 6.90. The largest absolute Gasteiger partial charge is 0.363 e. The van der Waals surface area contributed by atoms with Crippen LogP contribution in [0.25, 0.3) is 10.8 Å². The average molecular weight is 587 g/mol. The van der Waals surface area contributed by atoms with E-state index in [2.05, 4.69) is 89.8 Å². The summed E-state index contributed by atoms with van der Waals surface area (Å²) < 4.78 is 0. The highest BCUT2D eigenvalue weighted by molar-refractivity contribution is 6.33. The predicted octanol–water partition coefficient (Wildman–Crippen LogP) is 10.5. The fourth-order valence-corrected chi connectivity index (χ4v) is 5.31. The van der Waals surface area contributed by atoms with Gasteiger partial charge in [-0.1, -0.05) is 114 Å². The van der Waals surface area contributed by atoms with E-state index < -0.39 is 0 Å². The highest BCUT2D eigenvalue weighted by atomic mass is 35.5. The molecule has 0 amide bonds. The van der Waals surface area contributed by atoms with Crippen molar-refractivity contribution in [1.82, 2.24) is 0 Å². The Balaban J connectivity index is 1.31. The first kappa shape index (κ1) is 27.6. The summed E-state index contributed by atoms with van der Waals surface area (Å²) in [6, 6.07) is 49.4. The lowest BCUT2D eigenvalue weighted by atomic mass is 10.1. The average Bonchev–Trinajstić information content (AvgIpc) is 3.03. The number of fused-ring (bicyclic) bond motifs is 1. The molecule has 206 valence electrons. The Hall–Kier alpha value is -4.57. The molecule has 0 aliphatic rings. The molecule has 3 nitrogen and oxygen atoms in total. The van der Waals surface area contributed by atoms with Gasteiger partial charge in [-0.05, 0) is 76.5 Å². The van der Waals surface area contributed by atoms with Crippen LogP contribution in [0.2, 0.25) is 10.0 Å². The standard InChI is InChI=1S/C37H29Cl2N3/c38-33-17-21-34(22-18-33)42(36-20-15-30-13-7-8-14-31(30)23-36)40-25-32-16-19-35(24-37(32)39)41(26-28-9-3-1-4-10-28)27-29-11-5-2-6-12-29/h1-25H,26-27H2. The molecule has 0 radical (unpaired) electrons. The molecule has 6 aromatic rings. The zero-order valence-electron chi connectivity index (χ0n) is 22.9. The van der Waals surface area contributed by atoms with Crippen LogP contribution in [-0.2, 0) is 13.1 Å². The molecule has 0 unspecified atom stereocenters. The van der Waals surface area contributed by atoms with Gasteiger partial charge in [0.05, 0.1) is 22.6 Å². The van der Waals surface area contributed by atoms with Gasteiger partial charge in [-0.25, -0.2) is 5.01 Å². The molecule has 0 heterocycles. The summed E-state index contributed by atoms with van der Waals surface area (Å²) in [7, 11) is 0. The number of hydrogen-bond acceptors (Lipinski definition) is 3. The van der Waals surface area contributed by atoms with Gasteiger partial charge in [0.25, 0.3) is 0 Å². The minimum atomic E-state index is 0.636. The molecule has 5 heteroatoms. The van der Waals surface area contributed by atoms with E-state index in [4.69, 9.17) is 28.3 Å². The zero-order chi connectivity index (χ0) is 28.7. The molecule has 0 spiro atoms. The fourth-order valence-electron chi connectivity index (χ4n) is 4.96. The third kappa shape index (κ3) is 6.66.